The van der Waals surface area contributed by atoms with Crippen LogP contribution in [-0.4, -0.2) is 30.4 Å². The molecule has 5 rings (SSSR count). The molecule has 0 fully saturated rings. The molecule has 8 nitrogen and oxygen atoms in total. The van der Waals surface area contributed by atoms with E-state index in [2.05, 4.69) is 30.6 Å². The Balaban J connectivity index is 1.34. The van der Waals surface area contributed by atoms with Gasteiger partial charge in [0.05, 0.1) is 35.2 Å². The van der Waals surface area contributed by atoms with E-state index in [0.717, 1.165) is 23.5 Å². The lowest BCUT2D eigenvalue weighted by Gasteiger charge is -2.13. The molecule has 0 atom stereocenters. The van der Waals surface area contributed by atoms with Crippen LogP contribution < -0.4 is 10.6 Å². The van der Waals surface area contributed by atoms with Crippen LogP contribution in [0, 0.1) is 6.92 Å². The molecular formula is C25H18F3N7OS. The molecule has 4 aromatic heterocycles. The van der Waals surface area contributed by atoms with Crippen molar-refractivity contribution in [1.82, 2.24) is 24.5 Å². The van der Waals surface area contributed by atoms with Crippen molar-refractivity contribution in [3.8, 4) is 17.1 Å². The monoisotopic (exact) mass is 521 g/mol. The Morgan fingerprint density at radius 1 is 1.00 bits per heavy atom. The Bertz CT molecular complexity index is 1560. The van der Waals surface area contributed by atoms with Crippen LogP contribution in [0.4, 0.5) is 29.8 Å². The highest BCUT2D eigenvalue weighted by Crippen LogP contribution is 2.33. The van der Waals surface area contributed by atoms with Gasteiger partial charge in [0, 0.05) is 23.8 Å². The fourth-order valence-corrected chi connectivity index (χ4v) is 4.18. The molecule has 37 heavy (non-hydrogen) atoms. The summed E-state index contributed by atoms with van der Waals surface area (Å²) in [6.45, 7) is 1.73. The summed E-state index contributed by atoms with van der Waals surface area (Å²) in [7, 11) is 0. The maximum absolute atomic E-state index is 13.5. The summed E-state index contributed by atoms with van der Waals surface area (Å²) in [5.41, 5.74) is 1.33. The Labute approximate surface area is 212 Å². The molecule has 0 radical (unpaired) electrons. The number of nitrogens with one attached hydrogen (secondary N) is 2. The first-order valence-electron chi connectivity index (χ1n) is 10.9. The van der Waals surface area contributed by atoms with Gasteiger partial charge in [0.15, 0.2) is 5.13 Å². The van der Waals surface area contributed by atoms with Crippen molar-refractivity contribution in [3.63, 3.8) is 0 Å². The third-order valence-corrected chi connectivity index (χ3v) is 6.07. The molecule has 0 saturated carbocycles. The number of rotatable bonds is 6. The quantitative estimate of drug-likeness (QED) is 0.280. The minimum absolute atomic E-state index is 0.00573. The van der Waals surface area contributed by atoms with Crippen LogP contribution in [0.25, 0.3) is 17.1 Å². The normalized spacial score (nSPS) is 11.4. The molecule has 0 aliphatic carbocycles. The van der Waals surface area contributed by atoms with Gasteiger partial charge in [0.1, 0.15) is 10.7 Å². The molecule has 0 spiro atoms. The van der Waals surface area contributed by atoms with E-state index in [-0.39, 0.29) is 16.3 Å². The van der Waals surface area contributed by atoms with E-state index in [0.29, 0.717) is 28.0 Å². The summed E-state index contributed by atoms with van der Waals surface area (Å²) >= 11 is 1.04. The summed E-state index contributed by atoms with van der Waals surface area (Å²) in [6, 6.07) is 14.2. The van der Waals surface area contributed by atoms with Crippen LogP contribution in [0.3, 0.4) is 0 Å². The predicted molar refractivity (Wildman–Crippen MR) is 134 cm³/mol. The van der Waals surface area contributed by atoms with Gasteiger partial charge in [-0.1, -0.05) is 23.5 Å². The number of hydrogen-bond acceptors (Lipinski definition) is 7. The molecule has 0 bridgehead atoms. The zero-order chi connectivity index (χ0) is 26.0. The van der Waals surface area contributed by atoms with Gasteiger partial charge in [-0.05, 0) is 49.4 Å². The number of halogens is 3. The molecular weight excluding hydrogens is 503 g/mol. The van der Waals surface area contributed by atoms with Gasteiger partial charge < -0.3 is 15.2 Å². The lowest BCUT2D eigenvalue weighted by atomic mass is 10.1. The number of amides is 1. The molecule has 0 unspecified atom stereocenters. The highest BCUT2D eigenvalue weighted by atomic mass is 32.1. The van der Waals surface area contributed by atoms with Crippen molar-refractivity contribution in [2.24, 2.45) is 0 Å². The molecule has 5 aromatic rings. The molecule has 0 saturated heterocycles. The van der Waals surface area contributed by atoms with Crippen LogP contribution in [0.15, 0.2) is 79.5 Å². The lowest BCUT2D eigenvalue weighted by Crippen LogP contribution is -2.13. The summed E-state index contributed by atoms with van der Waals surface area (Å²) in [5, 5.41) is 5.98. The van der Waals surface area contributed by atoms with Gasteiger partial charge in [-0.15, -0.1) is 0 Å². The summed E-state index contributed by atoms with van der Waals surface area (Å²) in [4.78, 5) is 30.1. The fraction of sp³-hybridized carbons (Fsp3) is 0.0800. The lowest BCUT2D eigenvalue weighted by molar-refractivity contribution is -0.137. The van der Waals surface area contributed by atoms with Crippen LogP contribution >= 0.6 is 11.3 Å². The minimum Gasteiger partial charge on any atom is -0.321 e. The number of thiazole rings is 1. The Morgan fingerprint density at radius 2 is 1.84 bits per heavy atom. The Morgan fingerprint density at radius 3 is 2.57 bits per heavy atom. The number of carbonyl (C=O) groups excluding carboxylic acids is 1. The van der Waals surface area contributed by atoms with Gasteiger partial charge in [-0.2, -0.15) is 13.2 Å². The molecule has 0 aliphatic rings. The van der Waals surface area contributed by atoms with E-state index in [1.165, 1.54) is 23.2 Å². The van der Waals surface area contributed by atoms with E-state index in [9.17, 15) is 18.0 Å². The van der Waals surface area contributed by atoms with Crippen LogP contribution in [0.5, 0.6) is 0 Å². The fourth-order valence-electron chi connectivity index (χ4n) is 3.46. The summed E-state index contributed by atoms with van der Waals surface area (Å²) in [5.74, 6) is -0.0876. The van der Waals surface area contributed by atoms with Crippen molar-refractivity contribution in [2.75, 3.05) is 10.6 Å². The molecule has 0 aliphatic heterocycles. The molecule has 4 heterocycles. The molecule has 2 N–H and O–H groups in total. The second-order valence-electron chi connectivity index (χ2n) is 7.92. The van der Waals surface area contributed by atoms with Gasteiger partial charge in [0.2, 0.25) is 0 Å². The van der Waals surface area contributed by atoms with E-state index in [4.69, 9.17) is 0 Å². The van der Waals surface area contributed by atoms with Crippen LogP contribution in [-0.2, 0) is 6.18 Å². The van der Waals surface area contributed by atoms with Crippen molar-refractivity contribution in [2.45, 2.75) is 13.1 Å². The van der Waals surface area contributed by atoms with Gasteiger partial charge in [-0.3, -0.25) is 9.78 Å². The van der Waals surface area contributed by atoms with E-state index in [1.54, 1.807) is 25.4 Å². The minimum atomic E-state index is -4.59. The number of hydrogen-bond donors (Lipinski definition) is 2. The number of anilines is 3. The maximum Gasteiger partial charge on any atom is 0.416 e. The first-order valence-corrected chi connectivity index (χ1v) is 11.7. The summed E-state index contributed by atoms with van der Waals surface area (Å²) in [6.07, 6.45) is 1.43. The SMILES string of the molecule is Cc1cn(-c2cc(NC(=O)c3cnc(Nc4cccc(-c5ccccn5)n4)s3)cc(C(F)(F)F)c2)cn1. The van der Waals surface area contributed by atoms with E-state index < -0.39 is 17.6 Å². The van der Waals surface area contributed by atoms with Gasteiger partial charge >= 0.3 is 6.18 Å². The number of benzene rings is 1. The topological polar surface area (TPSA) is 97.6 Å². The van der Waals surface area contributed by atoms with E-state index >= 15 is 0 Å². The zero-order valence-corrected chi connectivity index (χ0v) is 20.0. The average Bonchev–Trinajstić information content (AvgIpc) is 3.53. The second-order valence-corrected chi connectivity index (χ2v) is 8.95. The first kappa shape index (κ1) is 24.1. The maximum atomic E-state index is 13.5. The number of pyridine rings is 2. The average molecular weight is 522 g/mol. The molecule has 12 heteroatoms. The number of aromatic nitrogens is 5. The van der Waals surface area contributed by atoms with Crippen molar-refractivity contribution >= 4 is 33.9 Å². The standard InChI is InChI=1S/C25H18F3N7OS/c1-15-13-35(14-31-15)18-10-16(25(26,27)28)9-17(11-18)32-23(36)21-12-30-24(37-21)34-22-7-4-6-20(33-22)19-5-2-3-8-29-19/h2-14H,1H3,(H,32,36)(H,30,33,34). The number of nitrogens with zero attached hydrogens (tertiary/aromatic N) is 5. The number of aryl methyl sites for hydroxylation is 1. The number of carbonyl (C=O) groups is 1. The number of imidazole rings is 1. The third kappa shape index (κ3) is 5.64. The van der Waals surface area contributed by atoms with E-state index in [1.807, 2.05) is 30.3 Å². The van der Waals surface area contributed by atoms with Crippen molar-refractivity contribution in [3.05, 3.63) is 95.6 Å². The largest absolute Gasteiger partial charge is 0.416 e. The van der Waals surface area contributed by atoms with Crippen LogP contribution in [0.1, 0.15) is 20.9 Å². The Kier molecular flexibility index (Phi) is 6.40. The molecule has 1 amide bonds. The third-order valence-electron chi connectivity index (χ3n) is 5.15. The Hall–Kier alpha value is -4.58. The second kappa shape index (κ2) is 9.82. The molecule has 186 valence electrons. The van der Waals surface area contributed by atoms with Crippen molar-refractivity contribution in [1.29, 1.82) is 0 Å². The predicted octanol–water partition coefficient (Wildman–Crippen LogP) is 6.11. The highest BCUT2D eigenvalue weighted by molar-refractivity contribution is 7.17. The summed E-state index contributed by atoms with van der Waals surface area (Å²) < 4.78 is 42.0. The van der Waals surface area contributed by atoms with Gasteiger partial charge in [0.25, 0.3) is 5.91 Å². The zero-order valence-electron chi connectivity index (χ0n) is 19.2. The smallest absolute Gasteiger partial charge is 0.321 e. The first-order chi connectivity index (χ1) is 17.7. The van der Waals surface area contributed by atoms with Gasteiger partial charge in [-0.25, -0.2) is 15.0 Å². The molecule has 1 aromatic carbocycles. The van der Waals surface area contributed by atoms with Crippen LogP contribution in [0.2, 0.25) is 0 Å². The number of alkyl halides is 3. The van der Waals surface area contributed by atoms with Crippen molar-refractivity contribution < 1.29 is 18.0 Å². The highest BCUT2D eigenvalue weighted by Gasteiger charge is 2.31.